The second-order valence-electron chi connectivity index (χ2n) is 2.11. The van der Waals surface area contributed by atoms with Gasteiger partial charge in [-0.25, -0.2) is 4.98 Å². The molecule has 0 bridgehead atoms. The molecule has 2 aromatic rings. The first kappa shape index (κ1) is 5.93. The molecule has 11 heavy (non-hydrogen) atoms. The third-order valence-corrected chi connectivity index (χ3v) is 1.47. The summed E-state index contributed by atoms with van der Waals surface area (Å²) >= 11 is 0. The zero-order valence-corrected chi connectivity index (χ0v) is 5.65. The van der Waals surface area contributed by atoms with Gasteiger partial charge in [-0.3, -0.25) is 4.40 Å². The number of nitrogens with zero attached hydrogens (tertiary/aromatic N) is 3. The molecule has 1 radical (unpaired) electrons. The summed E-state index contributed by atoms with van der Waals surface area (Å²) in [6, 6.07) is 5.45. The number of hydrogen-bond donors (Lipinski definition) is 0. The minimum absolute atomic E-state index is 0.578. The first-order valence-electron chi connectivity index (χ1n) is 3.15. The normalized spacial score (nSPS) is 9.73. The van der Waals surface area contributed by atoms with Crippen molar-refractivity contribution in [1.29, 1.82) is 5.26 Å². The van der Waals surface area contributed by atoms with E-state index < -0.39 is 0 Å². The number of aromatic nitrogens is 2. The Bertz CT molecular complexity index is 422. The average molecular weight is 142 g/mol. The van der Waals surface area contributed by atoms with E-state index in [-0.39, 0.29) is 0 Å². The van der Waals surface area contributed by atoms with Crippen molar-refractivity contribution in [2.45, 2.75) is 0 Å². The van der Waals surface area contributed by atoms with E-state index in [0.717, 1.165) is 0 Å². The Hall–Kier alpha value is -1.82. The predicted molar refractivity (Wildman–Crippen MR) is 38.7 cm³/mol. The number of imidazole rings is 1. The number of hydrogen-bond acceptors (Lipinski definition) is 2. The summed E-state index contributed by atoms with van der Waals surface area (Å²) in [6.45, 7) is 0. The molecule has 3 heteroatoms. The fraction of sp³-hybridized carbons (Fsp3) is 0. The molecule has 2 heterocycles. The van der Waals surface area contributed by atoms with Crippen molar-refractivity contribution >= 4 is 5.65 Å². The van der Waals surface area contributed by atoms with E-state index in [2.05, 4.69) is 17.3 Å². The van der Waals surface area contributed by atoms with Gasteiger partial charge < -0.3 is 0 Å². The number of rotatable bonds is 0. The maximum absolute atomic E-state index is 8.64. The van der Waals surface area contributed by atoms with Gasteiger partial charge in [-0.15, -0.1) is 0 Å². The fourth-order valence-corrected chi connectivity index (χ4v) is 0.970. The van der Waals surface area contributed by atoms with Crippen LogP contribution in [0.4, 0.5) is 0 Å². The molecule has 0 saturated heterocycles. The van der Waals surface area contributed by atoms with E-state index in [1.807, 2.05) is 0 Å². The summed E-state index contributed by atoms with van der Waals surface area (Å²) in [5, 5.41) is 8.64. The SMILES string of the molecule is N#Cc1cc[c]n2ccnc12. The lowest BCUT2D eigenvalue weighted by Gasteiger charge is -1.91. The van der Waals surface area contributed by atoms with Crippen molar-refractivity contribution < 1.29 is 0 Å². The highest BCUT2D eigenvalue weighted by molar-refractivity contribution is 5.54. The van der Waals surface area contributed by atoms with Gasteiger partial charge in [0.2, 0.25) is 0 Å². The predicted octanol–water partition coefficient (Wildman–Crippen LogP) is 1.01. The maximum atomic E-state index is 8.64. The lowest BCUT2D eigenvalue weighted by Crippen LogP contribution is -1.85. The van der Waals surface area contributed by atoms with Crippen molar-refractivity contribution in [2.24, 2.45) is 0 Å². The number of nitriles is 1. The summed E-state index contributed by atoms with van der Waals surface area (Å²) in [7, 11) is 0. The Morgan fingerprint density at radius 2 is 2.55 bits per heavy atom. The van der Waals surface area contributed by atoms with Crippen molar-refractivity contribution in [2.75, 3.05) is 0 Å². The van der Waals surface area contributed by atoms with Crippen LogP contribution in [-0.2, 0) is 0 Å². The van der Waals surface area contributed by atoms with Crippen molar-refractivity contribution in [1.82, 2.24) is 9.38 Å². The molecule has 2 aromatic heterocycles. The summed E-state index contributed by atoms with van der Waals surface area (Å²) in [5.41, 5.74) is 1.24. The molecule has 51 valence electrons. The molecule has 0 saturated carbocycles. The van der Waals surface area contributed by atoms with Crippen LogP contribution < -0.4 is 0 Å². The molecule has 0 unspecified atom stereocenters. The molecule has 0 aliphatic rings. The highest BCUT2D eigenvalue weighted by Gasteiger charge is 1.98. The smallest absolute Gasteiger partial charge is 0.155 e. The quantitative estimate of drug-likeness (QED) is 0.550. The third kappa shape index (κ3) is 0.767. The summed E-state index contributed by atoms with van der Waals surface area (Å²) < 4.78 is 1.69. The maximum Gasteiger partial charge on any atom is 0.155 e. The van der Waals surface area contributed by atoms with Gasteiger partial charge in [0.15, 0.2) is 5.65 Å². The van der Waals surface area contributed by atoms with Crippen LogP contribution in [0.15, 0.2) is 24.5 Å². The van der Waals surface area contributed by atoms with Crippen LogP contribution in [-0.4, -0.2) is 9.38 Å². The highest BCUT2D eigenvalue weighted by Crippen LogP contribution is 2.05. The van der Waals surface area contributed by atoms with Crippen LogP contribution in [0.2, 0.25) is 0 Å². The van der Waals surface area contributed by atoms with Crippen molar-refractivity contribution in [3.8, 4) is 6.07 Å². The Labute approximate surface area is 63.5 Å². The van der Waals surface area contributed by atoms with Gasteiger partial charge in [0, 0.05) is 12.4 Å². The van der Waals surface area contributed by atoms with Crippen LogP contribution in [0.25, 0.3) is 5.65 Å². The average Bonchev–Trinajstić information content (AvgIpc) is 2.50. The van der Waals surface area contributed by atoms with E-state index >= 15 is 0 Å². The first-order chi connectivity index (χ1) is 5.42. The molecule has 3 nitrogen and oxygen atoms in total. The van der Waals surface area contributed by atoms with E-state index in [1.165, 1.54) is 0 Å². The lowest BCUT2D eigenvalue weighted by molar-refractivity contribution is 1.16. The largest absolute Gasteiger partial charge is 0.297 e. The highest BCUT2D eigenvalue weighted by atomic mass is 15.0. The molecular formula is C8H4N3. The molecule has 0 fully saturated rings. The van der Waals surface area contributed by atoms with Gasteiger partial charge in [-0.1, -0.05) is 0 Å². The zero-order valence-electron chi connectivity index (χ0n) is 5.65. The number of fused-ring (bicyclic) bond motifs is 1. The molecule has 0 aromatic carbocycles. The fourth-order valence-electron chi connectivity index (χ4n) is 0.970. The van der Waals surface area contributed by atoms with Crippen LogP contribution in [0.3, 0.4) is 0 Å². The monoisotopic (exact) mass is 142 g/mol. The molecule has 0 aliphatic carbocycles. The molecule has 0 aliphatic heterocycles. The first-order valence-corrected chi connectivity index (χ1v) is 3.15. The Morgan fingerprint density at radius 1 is 1.64 bits per heavy atom. The minimum atomic E-state index is 0.578. The van der Waals surface area contributed by atoms with Gasteiger partial charge in [0.25, 0.3) is 0 Å². The Balaban J connectivity index is 2.92. The van der Waals surface area contributed by atoms with Crippen molar-refractivity contribution in [3.63, 3.8) is 0 Å². The minimum Gasteiger partial charge on any atom is -0.297 e. The van der Waals surface area contributed by atoms with Crippen LogP contribution in [0, 0.1) is 17.5 Å². The van der Waals surface area contributed by atoms with E-state index in [9.17, 15) is 0 Å². The van der Waals surface area contributed by atoms with Gasteiger partial charge in [0.1, 0.15) is 6.07 Å². The van der Waals surface area contributed by atoms with E-state index in [1.54, 1.807) is 28.9 Å². The molecule has 0 N–H and O–H groups in total. The third-order valence-electron chi connectivity index (χ3n) is 1.47. The summed E-state index contributed by atoms with van der Waals surface area (Å²) in [5.74, 6) is 0. The van der Waals surface area contributed by atoms with Gasteiger partial charge in [-0.05, 0) is 12.1 Å². The molecular weight excluding hydrogens is 138 g/mol. The standard InChI is InChI=1S/C8H4N3/c9-6-7-2-1-4-11-5-3-10-8(7)11/h1-3,5H. The number of pyridine rings is 1. The van der Waals surface area contributed by atoms with Crippen LogP contribution in [0.5, 0.6) is 0 Å². The van der Waals surface area contributed by atoms with E-state index in [4.69, 9.17) is 5.26 Å². The van der Waals surface area contributed by atoms with Gasteiger partial charge >= 0.3 is 0 Å². The second kappa shape index (κ2) is 2.10. The topological polar surface area (TPSA) is 41.1 Å². The summed E-state index contributed by atoms with van der Waals surface area (Å²) in [6.07, 6.45) is 6.31. The molecule has 0 atom stereocenters. The van der Waals surface area contributed by atoms with Crippen LogP contribution >= 0.6 is 0 Å². The van der Waals surface area contributed by atoms with E-state index in [0.29, 0.717) is 11.2 Å². The van der Waals surface area contributed by atoms with Crippen molar-refractivity contribution in [3.05, 3.63) is 36.3 Å². The molecule has 0 amide bonds. The molecule has 0 spiro atoms. The zero-order chi connectivity index (χ0) is 7.68. The Kier molecular flexibility index (Phi) is 1.13. The lowest BCUT2D eigenvalue weighted by atomic mass is 10.3. The van der Waals surface area contributed by atoms with Crippen LogP contribution in [0.1, 0.15) is 5.56 Å². The van der Waals surface area contributed by atoms with Gasteiger partial charge in [-0.2, -0.15) is 5.26 Å². The molecule has 2 rings (SSSR count). The summed E-state index contributed by atoms with van der Waals surface area (Å²) in [4.78, 5) is 4.00. The second-order valence-corrected chi connectivity index (χ2v) is 2.11. The Morgan fingerprint density at radius 3 is 3.36 bits per heavy atom. The van der Waals surface area contributed by atoms with Gasteiger partial charge in [0.05, 0.1) is 11.8 Å².